The Bertz CT molecular complexity index is 1500. The zero-order valence-electron chi connectivity index (χ0n) is 20.6. The van der Waals surface area contributed by atoms with Crippen molar-refractivity contribution in [2.24, 2.45) is 11.8 Å². The summed E-state index contributed by atoms with van der Waals surface area (Å²) < 4.78 is 28.0. The van der Waals surface area contributed by atoms with Gasteiger partial charge in [-0.15, -0.1) is 23.2 Å². The van der Waals surface area contributed by atoms with Crippen LogP contribution in [0.3, 0.4) is 0 Å². The lowest BCUT2D eigenvalue weighted by molar-refractivity contribution is -0.117. The Balaban J connectivity index is 1.26. The summed E-state index contributed by atoms with van der Waals surface area (Å²) in [5.41, 5.74) is 1.11. The third kappa shape index (κ3) is 6.29. The van der Waals surface area contributed by atoms with Gasteiger partial charge in [-0.25, -0.2) is 8.78 Å². The minimum atomic E-state index is -1.33. The van der Waals surface area contributed by atoms with Crippen molar-refractivity contribution in [3.05, 3.63) is 86.4 Å². The fourth-order valence-electron chi connectivity index (χ4n) is 4.55. The molecule has 0 heterocycles. The minimum absolute atomic E-state index is 0.0230. The topological polar surface area (TPSA) is 70.2 Å². The number of nitrogens with one attached hydrogen (secondary N) is 3. The Labute approximate surface area is 254 Å². The lowest BCUT2D eigenvalue weighted by atomic mass is 10.1. The van der Waals surface area contributed by atoms with Crippen LogP contribution in [-0.2, 0) is 16.1 Å². The Morgan fingerprint density at radius 1 is 0.900 bits per heavy atom. The molecule has 2 amide bonds. The summed E-state index contributed by atoms with van der Waals surface area (Å²) >= 11 is 31.3. The predicted octanol–water partition coefficient (Wildman–Crippen LogP) is 8.80. The summed E-state index contributed by atoms with van der Waals surface area (Å²) in [5, 5.41) is 9.07. The number of hydrogen-bond acceptors (Lipinski definition) is 3. The summed E-state index contributed by atoms with van der Waals surface area (Å²) in [6, 6.07) is 12.1. The van der Waals surface area contributed by atoms with E-state index in [1.807, 2.05) is 0 Å². The van der Waals surface area contributed by atoms with Crippen LogP contribution in [0.25, 0.3) is 0 Å². The third-order valence-electron chi connectivity index (χ3n) is 6.95. The van der Waals surface area contributed by atoms with E-state index in [1.54, 1.807) is 36.4 Å². The predicted molar refractivity (Wildman–Crippen MR) is 157 cm³/mol. The van der Waals surface area contributed by atoms with E-state index in [0.29, 0.717) is 31.9 Å². The van der Waals surface area contributed by atoms with Crippen LogP contribution in [0.2, 0.25) is 15.1 Å². The van der Waals surface area contributed by atoms with Crippen molar-refractivity contribution >= 4 is 86.9 Å². The lowest BCUT2D eigenvalue weighted by Gasteiger charge is -2.14. The maximum atomic E-state index is 15.0. The van der Waals surface area contributed by atoms with Crippen LogP contribution in [-0.4, -0.2) is 16.1 Å². The van der Waals surface area contributed by atoms with Gasteiger partial charge >= 0.3 is 0 Å². The van der Waals surface area contributed by atoms with Gasteiger partial charge < -0.3 is 16.0 Å². The molecule has 2 aliphatic rings. The first-order chi connectivity index (χ1) is 19.0. The number of anilines is 3. The smallest absolute Gasteiger partial charge is 0.231 e. The second-order valence-electron chi connectivity index (χ2n) is 9.93. The molecule has 12 heteroatoms. The molecule has 0 saturated heterocycles. The van der Waals surface area contributed by atoms with E-state index in [-0.39, 0.29) is 24.6 Å². The highest BCUT2D eigenvalue weighted by molar-refractivity contribution is 6.53. The maximum absolute atomic E-state index is 15.0. The van der Waals surface area contributed by atoms with Gasteiger partial charge in [-0.05, 0) is 72.4 Å². The van der Waals surface area contributed by atoms with Gasteiger partial charge in [-0.1, -0.05) is 40.9 Å². The lowest BCUT2D eigenvalue weighted by Crippen LogP contribution is -2.17. The van der Waals surface area contributed by atoms with Crippen molar-refractivity contribution in [1.82, 2.24) is 0 Å². The third-order valence-corrected chi connectivity index (χ3v) is 9.00. The number of halogens is 7. The minimum Gasteiger partial charge on any atom is -0.378 e. The Kier molecular flexibility index (Phi) is 8.42. The molecule has 3 N–H and O–H groups in total. The zero-order valence-corrected chi connectivity index (χ0v) is 24.4. The standard InChI is InChI=1S/C28H22Cl5F2N3O2/c29-17-6-4-16(37-27(40)24-23(28(24,32)33)14-3-5-18(30)19(31)11-14)10-15(17)12-36-21-8-7-20(34)26(25(21)35)38-22(39)9-13-1-2-13/h3-8,10-11,13,23-24,36H,1-2,9,12H2,(H,37,40)(H,38,39)/t23-,24+/m0/s1. The summed E-state index contributed by atoms with van der Waals surface area (Å²) in [7, 11) is 0. The highest BCUT2D eigenvalue weighted by atomic mass is 35.5. The van der Waals surface area contributed by atoms with Crippen molar-refractivity contribution in [3.8, 4) is 0 Å². The van der Waals surface area contributed by atoms with Gasteiger partial charge in [0.1, 0.15) is 15.8 Å². The van der Waals surface area contributed by atoms with Crippen molar-refractivity contribution in [3.63, 3.8) is 0 Å². The van der Waals surface area contributed by atoms with Crippen molar-refractivity contribution < 1.29 is 18.4 Å². The van der Waals surface area contributed by atoms with Gasteiger partial charge in [0.15, 0.2) is 5.82 Å². The highest BCUT2D eigenvalue weighted by Crippen LogP contribution is 2.65. The second kappa shape index (κ2) is 11.5. The molecular formula is C28H22Cl5F2N3O2. The fraction of sp³-hybridized carbons (Fsp3) is 0.286. The van der Waals surface area contributed by atoms with E-state index in [9.17, 15) is 14.0 Å². The van der Waals surface area contributed by atoms with Crippen LogP contribution in [0.1, 0.15) is 36.3 Å². The molecule has 0 unspecified atom stereocenters. The van der Waals surface area contributed by atoms with Gasteiger partial charge in [0.2, 0.25) is 11.8 Å². The molecule has 3 aromatic carbocycles. The van der Waals surface area contributed by atoms with Crippen molar-refractivity contribution in [1.29, 1.82) is 0 Å². The molecular weight excluding hydrogens is 626 g/mol. The number of carbonyl (C=O) groups is 2. The maximum Gasteiger partial charge on any atom is 0.231 e. The summed E-state index contributed by atoms with van der Waals surface area (Å²) in [6.45, 7) is 0.0465. The quantitative estimate of drug-likeness (QED) is 0.203. The first-order valence-corrected chi connectivity index (χ1v) is 14.3. The van der Waals surface area contributed by atoms with Gasteiger partial charge in [-0.3, -0.25) is 9.59 Å². The van der Waals surface area contributed by atoms with E-state index >= 15 is 4.39 Å². The van der Waals surface area contributed by atoms with E-state index in [1.165, 1.54) is 6.07 Å². The molecule has 2 fully saturated rings. The van der Waals surface area contributed by atoms with Crippen LogP contribution < -0.4 is 16.0 Å². The molecule has 2 atom stereocenters. The van der Waals surface area contributed by atoms with Gasteiger partial charge in [0.25, 0.3) is 0 Å². The van der Waals surface area contributed by atoms with Gasteiger partial charge in [0, 0.05) is 29.6 Å². The van der Waals surface area contributed by atoms with Crippen molar-refractivity contribution in [2.45, 2.75) is 36.1 Å². The largest absolute Gasteiger partial charge is 0.378 e. The van der Waals surface area contributed by atoms with Crippen LogP contribution in [0.15, 0.2) is 48.5 Å². The van der Waals surface area contributed by atoms with Gasteiger partial charge in [-0.2, -0.15) is 0 Å². The summed E-state index contributed by atoms with van der Waals surface area (Å²) in [5.74, 6) is -3.59. The van der Waals surface area contributed by atoms with Gasteiger partial charge in [0.05, 0.1) is 21.7 Å². The molecule has 5 nitrogen and oxygen atoms in total. The highest BCUT2D eigenvalue weighted by Gasteiger charge is 2.67. The monoisotopic (exact) mass is 645 g/mol. The zero-order chi connectivity index (χ0) is 28.8. The normalized spacial score (nSPS) is 19.2. The van der Waals surface area contributed by atoms with Crippen LogP contribution in [0, 0.1) is 23.5 Å². The van der Waals surface area contributed by atoms with Crippen molar-refractivity contribution in [2.75, 3.05) is 16.0 Å². The van der Waals surface area contributed by atoms with Crippen LogP contribution in [0.4, 0.5) is 25.8 Å². The summed E-state index contributed by atoms with van der Waals surface area (Å²) in [4.78, 5) is 25.2. The molecule has 2 saturated carbocycles. The fourth-order valence-corrected chi connectivity index (χ4v) is 5.87. The molecule has 0 spiro atoms. The molecule has 0 bridgehead atoms. The summed E-state index contributed by atoms with van der Waals surface area (Å²) in [6.07, 6.45) is 2.11. The van der Waals surface area contributed by atoms with E-state index < -0.39 is 45.3 Å². The average Bonchev–Trinajstić information content (AvgIpc) is 3.81. The molecule has 0 aromatic heterocycles. The van der Waals surface area contributed by atoms with E-state index in [2.05, 4.69) is 16.0 Å². The van der Waals surface area contributed by atoms with Crippen LogP contribution >= 0.6 is 58.0 Å². The number of benzene rings is 3. The molecule has 0 aliphatic heterocycles. The molecule has 0 radical (unpaired) electrons. The molecule has 2 aliphatic carbocycles. The second-order valence-corrected chi connectivity index (χ2v) is 12.6. The number of amides is 2. The average molecular weight is 648 g/mol. The SMILES string of the molecule is O=C(CC1CC1)Nc1c(F)ccc(NCc2cc(NC(=O)[C@H]3[C@H](c4ccc(Cl)c(Cl)c4)C3(Cl)Cl)ccc2Cl)c1F. The number of rotatable bonds is 9. The Morgan fingerprint density at radius 2 is 1.62 bits per heavy atom. The Hall–Kier alpha value is -2.29. The number of alkyl halides is 2. The molecule has 210 valence electrons. The van der Waals surface area contributed by atoms with E-state index in [0.717, 1.165) is 18.9 Å². The first kappa shape index (κ1) is 29.2. The first-order valence-electron chi connectivity index (χ1n) is 12.4. The molecule has 40 heavy (non-hydrogen) atoms. The molecule has 5 rings (SSSR count). The number of carbonyl (C=O) groups excluding carboxylic acids is 2. The van der Waals surface area contributed by atoms with Crippen LogP contribution in [0.5, 0.6) is 0 Å². The Morgan fingerprint density at radius 3 is 2.33 bits per heavy atom. The van der Waals surface area contributed by atoms with E-state index in [4.69, 9.17) is 58.0 Å². The molecule has 3 aromatic rings. The number of hydrogen-bond donors (Lipinski definition) is 3.